The number of esters is 1. The fraction of sp³-hybridized carbons (Fsp3) is 0.300. The van der Waals surface area contributed by atoms with Crippen LogP contribution in [0.1, 0.15) is 11.1 Å². The van der Waals surface area contributed by atoms with Crippen molar-refractivity contribution in [1.82, 2.24) is 0 Å². The molecule has 1 aliphatic rings. The van der Waals surface area contributed by atoms with Crippen molar-refractivity contribution in [2.24, 2.45) is 0 Å². The summed E-state index contributed by atoms with van der Waals surface area (Å²) in [5.74, 6) is -0.0922. The van der Waals surface area contributed by atoms with Gasteiger partial charge in [-0.2, -0.15) is 0 Å². The van der Waals surface area contributed by atoms with Crippen LogP contribution in [0.5, 0.6) is 0 Å². The van der Waals surface area contributed by atoms with E-state index in [9.17, 15) is 13.9 Å². The van der Waals surface area contributed by atoms with Crippen molar-refractivity contribution in [3.8, 4) is 0 Å². The topological polar surface area (TPSA) is 78.8 Å². The lowest BCUT2D eigenvalue weighted by Crippen LogP contribution is -2.05. The maximum Gasteiger partial charge on any atom is 0.309 e. The van der Waals surface area contributed by atoms with Crippen molar-refractivity contribution in [2.75, 3.05) is 11.8 Å². The van der Waals surface area contributed by atoms with E-state index in [1.807, 2.05) is 0 Å². The first-order chi connectivity index (χ1) is 7.50. The van der Waals surface area contributed by atoms with Gasteiger partial charge in [-0.05, 0) is 17.2 Å². The first-order valence-corrected chi connectivity index (χ1v) is 6.44. The Bertz CT molecular complexity index is 433. The van der Waals surface area contributed by atoms with Gasteiger partial charge in [-0.25, -0.2) is 0 Å². The Labute approximate surface area is 94.9 Å². The highest BCUT2D eigenvalue weighted by Gasteiger charge is 2.24. The SMILES string of the molecule is COC(=O)Cc1ccc2c(c1)NS(O)(O)C2. The monoisotopic (exact) mass is 243 g/mol. The van der Waals surface area contributed by atoms with Crippen molar-refractivity contribution in [1.29, 1.82) is 0 Å². The summed E-state index contributed by atoms with van der Waals surface area (Å²) in [4.78, 5) is 11.1. The molecular formula is C10H13NO4S. The summed E-state index contributed by atoms with van der Waals surface area (Å²) >= 11 is 0. The quantitative estimate of drug-likeness (QED) is 0.692. The number of fused-ring (bicyclic) bond motifs is 1. The molecule has 88 valence electrons. The van der Waals surface area contributed by atoms with Gasteiger partial charge in [-0.15, -0.1) is 10.8 Å². The van der Waals surface area contributed by atoms with E-state index in [1.54, 1.807) is 18.2 Å². The molecule has 0 atom stereocenters. The lowest BCUT2D eigenvalue weighted by Gasteiger charge is -2.26. The molecule has 1 heterocycles. The molecule has 0 unspecified atom stereocenters. The molecule has 0 amide bonds. The van der Waals surface area contributed by atoms with Gasteiger partial charge in [0, 0.05) is 0 Å². The molecule has 0 aromatic heterocycles. The lowest BCUT2D eigenvalue weighted by molar-refractivity contribution is -0.139. The Hall–Kier alpha value is -1.24. The maximum absolute atomic E-state index is 11.1. The summed E-state index contributed by atoms with van der Waals surface area (Å²) in [6.45, 7) is 0. The molecule has 0 saturated heterocycles. The minimum Gasteiger partial charge on any atom is -0.469 e. The molecule has 2 rings (SSSR count). The van der Waals surface area contributed by atoms with E-state index in [0.717, 1.165) is 11.1 Å². The van der Waals surface area contributed by atoms with E-state index in [0.29, 0.717) is 5.69 Å². The average Bonchev–Trinajstić information content (AvgIpc) is 2.51. The Morgan fingerprint density at radius 2 is 2.31 bits per heavy atom. The van der Waals surface area contributed by atoms with Crippen molar-refractivity contribution in [2.45, 2.75) is 12.2 Å². The number of nitrogens with one attached hydrogen (secondary N) is 1. The van der Waals surface area contributed by atoms with Crippen molar-refractivity contribution in [3.05, 3.63) is 29.3 Å². The van der Waals surface area contributed by atoms with Crippen LogP contribution in [0.4, 0.5) is 5.69 Å². The van der Waals surface area contributed by atoms with E-state index in [1.165, 1.54) is 7.11 Å². The van der Waals surface area contributed by atoms with Gasteiger partial charge in [0.1, 0.15) is 0 Å². The van der Waals surface area contributed by atoms with Crippen LogP contribution in [0.3, 0.4) is 0 Å². The highest BCUT2D eigenvalue weighted by molar-refractivity contribution is 8.25. The van der Waals surface area contributed by atoms with Crippen molar-refractivity contribution < 1.29 is 18.6 Å². The molecule has 3 N–H and O–H groups in total. The van der Waals surface area contributed by atoms with Crippen LogP contribution in [0.25, 0.3) is 0 Å². The van der Waals surface area contributed by atoms with E-state index < -0.39 is 10.8 Å². The normalized spacial score (nSPS) is 18.4. The molecule has 1 aromatic rings. The van der Waals surface area contributed by atoms with E-state index in [-0.39, 0.29) is 18.1 Å². The number of anilines is 1. The molecule has 6 heteroatoms. The summed E-state index contributed by atoms with van der Waals surface area (Å²) in [5, 5.41) is 0. The number of methoxy groups -OCH3 is 1. The Balaban J connectivity index is 2.19. The third-order valence-corrected chi connectivity index (χ3v) is 3.64. The molecule has 0 bridgehead atoms. The molecule has 0 saturated carbocycles. The average molecular weight is 243 g/mol. The van der Waals surface area contributed by atoms with Crippen LogP contribution in [0.2, 0.25) is 0 Å². The Morgan fingerprint density at radius 3 is 3.00 bits per heavy atom. The standard InChI is InChI=1S/C10H13NO4S/c1-15-10(12)5-7-2-3-8-6-16(13,14)11-9(8)4-7/h2-4,11,13-14H,5-6H2,1H3. The molecule has 5 nitrogen and oxygen atoms in total. The maximum atomic E-state index is 11.1. The van der Waals surface area contributed by atoms with Gasteiger partial charge in [0.2, 0.25) is 0 Å². The summed E-state index contributed by atoms with van der Waals surface area (Å²) in [7, 11) is -1.38. The number of hydrogen-bond donors (Lipinski definition) is 3. The largest absolute Gasteiger partial charge is 0.469 e. The van der Waals surface area contributed by atoms with Gasteiger partial charge in [0.05, 0.1) is 25.0 Å². The molecule has 0 aliphatic carbocycles. The summed E-state index contributed by atoms with van der Waals surface area (Å²) < 4.78 is 26.2. The second-order valence-electron chi connectivity index (χ2n) is 3.66. The number of benzene rings is 1. The Kier molecular flexibility index (Phi) is 2.79. The smallest absolute Gasteiger partial charge is 0.309 e. The van der Waals surface area contributed by atoms with Gasteiger partial charge in [-0.1, -0.05) is 12.1 Å². The van der Waals surface area contributed by atoms with Crippen LogP contribution >= 0.6 is 10.8 Å². The van der Waals surface area contributed by atoms with Crippen LogP contribution in [0.15, 0.2) is 18.2 Å². The fourth-order valence-corrected chi connectivity index (χ4v) is 2.92. The zero-order chi connectivity index (χ0) is 11.8. The lowest BCUT2D eigenvalue weighted by atomic mass is 10.1. The van der Waals surface area contributed by atoms with Gasteiger partial charge in [-0.3, -0.25) is 18.6 Å². The summed E-state index contributed by atoms with van der Waals surface area (Å²) in [5.41, 5.74) is 2.32. The third kappa shape index (κ3) is 2.29. The molecule has 0 spiro atoms. The second kappa shape index (κ2) is 3.97. The highest BCUT2D eigenvalue weighted by Crippen LogP contribution is 2.50. The van der Waals surface area contributed by atoms with E-state index >= 15 is 0 Å². The van der Waals surface area contributed by atoms with Gasteiger partial charge in [0.15, 0.2) is 0 Å². The van der Waals surface area contributed by atoms with Gasteiger partial charge in [0.25, 0.3) is 0 Å². The molecular weight excluding hydrogens is 230 g/mol. The first kappa shape index (κ1) is 11.3. The van der Waals surface area contributed by atoms with Crippen LogP contribution < -0.4 is 4.72 Å². The van der Waals surface area contributed by atoms with Gasteiger partial charge >= 0.3 is 5.97 Å². The van der Waals surface area contributed by atoms with Crippen molar-refractivity contribution >= 4 is 22.4 Å². The predicted octanol–water partition coefficient (Wildman–Crippen LogP) is 1.99. The number of rotatable bonds is 2. The van der Waals surface area contributed by atoms with E-state index in [4.69, 9.17) is 0 Å². The van der Waals surface area contributed by atoms with Crippen LogP contribution in [0, 0.1) is 0 Å². The van der Waals surface area contributed by atoms with Gasteiger partial charge < -0.3 is 4.74 Å². The summed E-state index contributed by atoms with van der Waals surface area (Å²) in [6, 6.07) is 5.33. The number of ether oxygens (including phenoxy) is 1. The second-order valence-corrected chi connectivity index (χ2v) is 5.48. The van der Waals surface area contributed by atoms with Crippen LogP contribution in [-0.4, -0.2) is 22.2 Å². The molecule has 1 aromatic carbocycles. The zero-order valence-corrected chi connectivity index (χ0v) is 9.58. The minimum absolute atomic E-state index is 0.185. The molecule has 0 radical (unpaired) electrons. The molecule has 0 fully saturated rings. The highest BCUT2D eigenvalue weighted by atomic mass is 32.3. The zero-order valence-electron chi connectivity index (χ0n) is 8.77. The fourth-order valence-electron chi connectivity index (χ4n) is 1.62. The van der Waals surface area contributed by atoms with Crippen LogP contribution in [-0.2, 0) is 21.7 Å². The van der Waals surface area contributed by atoms with E-state index in [2.05, 4.69) is 9.46 Å². The van der Waals surface area contributed by atoms with Crippen molar-refractivity contribution in [3.63, 3.8) is 0 Å². The molecule has 1 aliphatic heterocycles. The Morgan fingerprint density at radius 1 is 1.56 bits per heavy atom. The minimum atomic E-state index is -2.72. The molecule has 16 heavy (non-hydrogen) atoms. The summed E-state index contributed by atoms with van der Waals surface area (Å²) in [6.07, 6.45) is 0.185. The predicted molar refractivity (Wildman–Crippen MR) is 62.3 cm³/mol. The third-order valence-electron chi connectivity index (χ3n) is 2.38. The first-order valence-electron chi connectivity index (χ1n) is 4.72. The number of carbonyl (C=O) groups excluding carboxylic acids is 1. The number of carbonyl (C=O) groups is 1. The number of hydrogen-bond acceptors (Lipinski definition) is 5.